The zero-order valence-electron chi connectivity index (χ0n) is 20.1. The molecule has 3 aromatic carbocycles. The minimum Gasteiger partial charge on any atom is -0.493 e. The Labute approximate surface area is 211 Å². The molecule has 3 aromatic rings. The van der Waals surface area contributed by atoms with Crippen molar-refractivity contribution in [3.05, 3.63) is 89.3 Å². The largest absolute Gasteiger partial charge is 0.493 e. The number of hydrogen-bond acceptors (Lipinski definition) is 6. The highest BCUT2D eigenvalue weighted by atomic mass is 32.2. The quantitative estimate of drug-likeness (QED) is 0.380. The Balaban J connectivity index is 1.24. The fourth-order valence-corrected chi connectivity index (χ4v) is 4.45. The second-order valence-corrected chi connectivity index (χ2v) is 8.75. The molecule has 0 unspecified atom stereocenters. The Morgan fingerprint density at radius 2 is 1.60 bits per heavy atom. The number of amides is 1. The van der Waals surface area contributed by atoms with Gasteiger partial charge in [-0.15, -0.1) is 0 Å². The van der Waals surface area contributed by atoms with Crippen LogP contribution in [-0.2, 0) is 11.2 Å². The molecular formula is C28H30N2O4S. The molecule has 0 N–H and O–H groups in total. The first kappa shape index (κ1) is 24.5. The fraction of sp³-hybridized carbons (Fsp3) is 0.250. The van der Waals surface area contributed by atoms with E-state index in [2.05, 4.69) is 29.2 Å². The molecule has 0 saturated carbocycles. The highest BCUT2D eigenvalue weighted by Gasteiger charge is 2.22. The van der Waals surface area contributed by atoms with Crippen LogP contribution >= 0.6 is 12.0 Å². The first-order valence-electron chi connectivity index (χ1n) is 11.5. The molecule has 0 spiro atoms. The summed E-state index contributed by atoms with van der Waals surface area (Å²) in [6.45, 7) is 2.99. The third kappa shape index (κ3) is 6.73. The van der Waals surface area contributed by atoms with E-state index in [9.17, 15) is 4.79 Å². The van der Waals surface area contributed by atoms with E-state index in [1.165, 1.54) is 12.0 Å². The van der Waals surface area contributed by atoms with Crippen LogP contribution in [0.25, 0.3) is 6.08 Å². The Morgan fingerprint density at radius 3 is 2.29 bits per heavy atom. The summed E-state index contributed by atoms with van der Waals surface area (Å²) in [5.41, 5.74) is 3.19. The van der Waals surface area contributed by atoms with Gasteiger partial charge in [0, 0.05) is 37.3 Å². The molecule has 7 heteroatoms. The third-order valence-corrected chi connectivity index (χ3v) is 6.43. The number of anilines is 1. The van der Waals surface area contributed by atoms with Crippen molar-refractivity contribution >= 4 is 29.7 Å². The van der Waals surface area contributed by atoms with Crippen LogP contribution in [0.5, 0.6) is 17.2 Å². The van der Waals surface area contributed by atoms with Gasteiger partial charge in [0.25, 0.3) is 0 Å². The van der Waals surface area contributed by atoms with Crippen LogP contribution in [0.2, 0.25) is 0 Å². The average Bonchev–Trinajstić information content (AvgIpc) is 2.92. The number of nitrogens with zero attached hydrogens (tertiary/aromatic N) is 2. The van der Waals surface area contributed by atoms with Gasteiger partial charge < -0.3 is 23.5 Å². The first-order valence-corrected chi connectivity index (χ1v) is 12.4. The van der Waals surface area contributed by atoms with Crippen LogP contribution in [0.15, 0.2) is 78.2 Å². The molecule has 35 heavy (non-hydrogen) atoms. The monoisotopic (exact) mass is 490 g/mol. The molecule has 0 aliphatic carbocycles. The molecule has 0 bridgehead atoms. The third-order valence-electron chi connectivity index (χ3n) is 5.90. The molecule has 1 fully saturated rings. The highest BCUT2D eigenvalue weighted by molar-refractivity contribution is 7.98. The molecule has 1 aliphatic heterocycles. The van der Waals surface area contributed by atoms with Gasteiger partial charge in [0.2, 0.25) is 5.91 Å². The van der Waals surface area contributed by atoms with Crippen LogP contribution in [-0.4, -0.2) is 51.2 Å². The normalized spacial score (nSPS) is 13.7. The number of ether oxygens (including phenoxy) is 2. The minimum absolute atomic E-state index is 0.126. The average molecular weight is 491 g/mol. The molecule has 1 heterocycles. The smallest absolute Gasteiger partial charge is 0.227 e. The van der Waals surface area contributed by atoms with E-state index < -0.39 is 0 Å². The molecule has 1 aliphatic rings. The van der Waals surface area contributed by atoms with Gasteiger partial charge in [-0.05, 0) is 53.6 Å². The van der Waals surface area contributed by atoms with E-state index in [0.717, 1.165) is 35.7 Å². The van der Waals surface area contributed by atoms with Crippen LogP contribution in [0, 0.1) is 0 Å². The van der Waals surface area contributed by atoms with Gasteiger partial charge in [-0.1, -0.05) is 36.4 Å². The maximum absolute atomic E-state index is 12.8. The second kappa shape index (κ2) is 12.2. The summed E-state index contributed by atoms with van der Waals surface area (Å²) >= 11 is 1.30. The van der Waals surface area contributed by atoms with E-state index >= 15 is 0 Å². The van der Waals surface area contributed by atoms with Crippen molar-refractivity contribution in [3.8, 4) is 17.2 Å². The van der Waals surface area contributed by atoms with Gasteiger partial charge in [-0.3, -0.25) is 4.79 Å². The number of piperazine rings is 1. The minimum atomic E-state index is 0.126. The zero-order chi connectivity index (χ0) is 24.5. The molecule has 0 aromatic heterocycles. The Hall–Kier alpha value is -3.58. The van der Waals surface area contributed by atoms with Crippen molar-refractivity contribution in [2.75, 3.05) is 45.3 Å². The summed E-state index contributed by atoms with van der Waals surface area (Å²) in [5, 5.41) is 1.93. The lowest BCUT2D eigenvalue weighted by molar-refractivity contribution is -0.130. The van der Waals surface area contributed by atoms with Crippen LogP contribution < -0.4 is 18.6 Å². The summed E-state index contributed by atoms with van der Waals surface area (Å²) in [4.78, 5) is 17.1. The van der Waals surface area contributed by atoms with Crippen LogP contribution in [0.3, 0.4) is 0 Å². The zero-order valence-corrected chi connectivity index (χ0v) is 20.9. The van der Waals surface area contributed by atoms with Crippen molar-refractivity contribution in [3.63, 3.8) is 0 Å². The van der Waals surface area contributed by atoms with Crippen molar-refractivity contribution < 1.29 is 18.5 Å². The molecule has 1 amide bonds. The summed E-state index contributed by atoms with van der Waals surface area (Å²) in [6, 6.07) is 23.8. The van der Waals surface area contributed by atoms with E-state index in [-0.39, 0.29) is 5.91 Å². The highest BCUT2D eigenvalue weighted by Crippen LogP contribution is 2.28. The van der Waals surface area contributed by atoms with Crippen LogP contribution in [0.1, 0.15) is 11.1 Å². The molecule has 1 saturated heterocycles. The van der Waals surface area contributed by atoms with Crippen LogP contribution in [0.4, 0.5) is 5.69 Å². The van der Waals surface area contributed by atoms with Gasteiger partial charge in [0.05, 0.1) is 32.7 Å². The molecule has 6 nitrogen and oxygen atoms in total. The Morgan fingerprint density at radius 1 is 0.886 bits per heavy atom. The van der Waals surface area contributed by atoms with E-state index in [4.69, 9.17) is 13.7 Å². The summed E-state index contributed by atoms with van der Waals surface area (Å²) < 4.78 is 16.4. The number of rotatable bonds is 9. The number of benzene rings is 3. The molecular weight excluding hydrogens is 460 g/mol. The van der Waals surface area contributed by atoms with Crippen molar-refractivity contribution in [1.29, 1.82) is 0 Å². The Bertz CT molecular complexity index is 1130. The van der Waals surface area contributed by atoms with Gasteiger partial charge >= 0.3 is 0 Å². The van der Waals surface area contributed by atoms with Gasteiger partial charge in [-0.25, -0.2) is 0 Å². The topological polar surface area (TPSA) is 51.2 Å². The van der Waals surface area contributed by atoms with Crippen molar-refractivity contribution in [1.82, 2.24) is 4.90 Å². The molecule has 182 valence electrons. The van der Waals surface area contributed by atoms with E-state index in [0.29, 0.717) is 31.0 Å². The lowest BCUT2D eigenvalue weighted by atomic mass is 10.1. The number of methoxy groups -OCH3 is 2. The van der Waals surface area contributed by atoms with Crippen molar-refractivity contribution in [2.24, 2.45) is 0 Å². The summed E-state index contributed by atoms with van der Waals surface area (Å²) in [6.07, 6.45) is 2.37. The van der Waals surface area contributed by atoms with Crippen molar-refractivity contribution in [2.45, 2.75) is 6.42 Å². The number of carbonyl (C=O) groups is 1. The Kier molecular flexibility index (Phi) is 8.57. The van der Waals surface area contributed by atoms with E-state index in [1.807, 2.05) is 64.9 Å². The molecule has 4 rings (SSSR count). The van der Waals surface area contributed by atoms with Gasteiger partial charge in [-0.2, -0.15) is 0 Å². The fourth-order valence-electron chi connectivity index (χ4n) is 3.96. The maximum Gasteiger partial charge on any atom is 0.227 e. The van der Waals surface area contributed by atoms with E-state index in [1.54, 1.807) is 14.2 Å². The number of carbonyl (C=O) groups excluding carboxylic acids is 1. The number of hydrogen-bond donors (Lipinski definition) is 0. The van der Waals surface area contributed by atoms with Gasteiger partial charge in [0.1, 0.15) is 5.75 Å². The lowest BCUT2D eigenvalue weighted by Crippen LogP contribution is -2.49. The summed E-state index contributed by atoms with van der Waals surface area (Å²) in [7, 11) is 3.20. The summed E-state index contributed by atoms with van der Waals surface area (Å²) in [5.74, 6) is 2.23. The molecule has 0 radical (unpaired) electrons. The maximum atomic E-state index is 12.8. The predicted molar refractivity (Wildman–Crippen MR) is 142 cm³/mol. The molecule has 0 atom stereocenters. The predicted octanol–water partition coefficient (Wildman–Crippen LogP) is 5.29. The lowest BCUT2D eigenvalue weighted by Gasteiger charge is -2.36. The van der Waals surface area contributed by atoms with Gasteiger partial charge in [0.15, 0.2) is 11.5 Å². The first-order chi connectivity index (χ1) is 17.2. The SMILES string of the molecule is COc1ccc(CC(=O)N2CCN(c3ccc(OS/C=C/c4ccccc4)cc3)CC2)cc1OC. The standard InChI is InChI=1S/C28H30N2O4S/c1-32-26-13-8-23(20-27(26)33-2)21-28(31)30-17-15-29(16-18-30)24-9-11-25(12-10-24)34-35-19-14-22-6-4-3-5-7-22/h3-14,19-20H,15-18,21H2,1-2H3/b19-14+. The second-order valence-electron chi connectivity index (χ2n) is 8.12.